The van der Waals surface area contributed by atoms with Gasteiger partial charge >= 0.3 is 6.03 Å². The first-order valence-corrected chi connectivity index (χ1v) is 11.1. The molecular formula is C23H33N5O5. The summed E-state index contributed by atoms with van der Waals surface area (Å²) in [6.07, 6.45) is -0.0747. The van der Waals surface area contributed by atoms with Gasteiger partial charge in [0.05, 0.1) is 19.1 Å². The number of hydrogen-bond donors (Lipinski definition) is 4. The molecule has 0 aliphatic carbocycles. The third-order valence-electron chi connectivity index (χ3n) is 5.85. The number of aryl methyl sites for hydroxylation is 2. The molecular weight excluding hydrogens is 426 g/mol. The molecule has 2 aromatic rings. The van der Waals surface area contributed by atoms with Crippen molar-refractivity contribution >= 4 is 23.3 Å². The lowest BCUT2D eigenvalue weighted by Gasteiger charge is -2.32. The maximum absolute atomic E-state index is 13.1. The van der Waals surface area contributed by atoms with Crippen LogP contribution in [0, 0.1) is 19.8 Å². The van der Waals surface area contributed by atoms with Gasteiger partial charge in [0.25, 0.3) is 0 Å². The number of aliphatic hydroxyl groups excluding tert-OH is 1. The Kier molecular flexibility index (Phi) is 7.93. The van der Waals surface area contributed by atoms with Gasteiger partial charge in [0.2, 0.25) is 5.91 Å². The summed E-state index contributed by atoms with van der Waals surface area (Å²) in [7, 11) is 1.85. The highest BCUT2D eigenvalue weighted by atomic mass is 16.5. The number of carbonyl (C=O) groups excluding carboxylic acids is 2. The lowest BCUT2D eigenvalue weighted by molar-refractivity contribution is -0.134. The molecule has 0 spiro atoms. The number of anilines is 2. The molecule has 0 bridgehead atoms. The Bertz CT molecular complexity index is 972. The summed E-state index contributed by atoms with van der Waals surface area (Å²) < 4.78 is 11.4. The summed E-state index contributed by atoms with van der Waals surface area (Å²) in [6, 6.07) is 4.50. The van der Waals surface area contributed by atoms with Crippen molar-refractivity contribution in [2.75, 3.05) is 37.4 Å². The number of aromatic nitrogens is 1. The molecule has 0 saturated heterocycles. The molecule has 1 aliphatic heterocycles. The number of hydrogen-bond acceptors (Lipinski definition) is 7. The normalized spacial score (nSPS) is 19.6. The van der Waals surface area contributed by atoms with Crippen LogP contribution in [0.5, 0.6) is 5.75 Å². The zero-order valence-electron chi connectivity index (χ0n) is 19.8. The Morgan fingerprint density at radius 2 is 2.09 bits per heavy atom. The van der Waals surface area contributed by atoms with Crippen LogP contribution in [0.1, 0.15) is 30.9 Å². The maximum Gasteiger partial charge on any atom is 0.323 e. The molecule has 10 heteroatoms. The smallest absolute Gasteiger partial charge is 0.323 e. The van der Waals surface area contributed by atoms with Crippen molar-refractivity contribution in [3.05, 3.63) is 35.2 Å². The molecule has 180 valence electrons. The molecule has 3 rings (SSSR count). The maximum atomic E-state index is 13.1. The molecule has 3 atom stereocenters. The van der Waals surface area contributed by atoms with E-state index in [0.29, 0.717) is 47.2 Å². The van der Waals surface area contributed by atoms with E-state index in [2.05, 4.69) is 21.1 Å². The molecule has 2 heterocycles. The van der Waals surface area contributed by atoms with Crippen LogP contribution in [0.25, 0.3) is 0 Å². The number of aliphatic hydroxyl groups is 1. The van der Waals surface area contributed by atoms with Gasteiger partial charge < -0.3 is 35.2 Å². The van der Waals surface area contributed by atoms with Crippen molar-refractivity contribution in [1.29, 1.82) is 0 Å². The van der Waals surface area contributed by atoms with Gasteiger partial charge in [0.1, 0.15) is 23.2 Å². The summed E-state index contributed by atoms with van der Waals surface area (Å²) >= 11 is 0. The Balaban J connectivity index is 1.86. The van der Waals surface area contributed by atoms with E-state index in [9.17, 15) is 14.7 Å². The Labute approximate surface area is 193 Å². The lowest BCUT2D eigenvalue weighted by Crippen LogP contribution is -2.47. The van der Waals surface area contributed by atoms with E-state index in [0.717, 1.165) is 0 Å². The fourth-order valence-electron chi connectivity index (χ4n) is 3.89. The van der Waals surface area contributed by atoms with Crippen LogP contribution < -0.4 is 20.7 Å². The van der Waals surface area contributed by atoms with E-state index >= 15 is 0 Å². The van der Waals surface area contributed by atoms with Gasteiger partial charge in [-0.05, 0) is 46.0 Å². The van der Waals surface area contributed by atoms with Gasteiger partial charge in [-0.15, -0.1) is 0 Å². The van der Waals surface area contributed by atoms with Crippen molar-refractivity contribution in [3.63, 3.8) is 0 Å². The second-order valence-electron chi connectivity index (χ2n) is 8.55. The minimum atomic E-state index is -0.447. The van der Waals surface area contributed by atoms with E-state index in [1.807, 2.05) is 20.9 Å². The second-order valence-corrected chi connectivity index (χ2v) is 8.55. The minimum absolute atomic E-state index is 0.0416. The van der Waals surface area contributed by atoms with Crippen LogP contribution in [-0.2, 0) is 11.2 Å². The van der Waals surface area contributed by atoms with E-state index in [-0.39, 0.29) is 37.0 Å². The van der Waals surface area contributed by atoms with Crippen LogP contribution in [0.15, 0.2) is 22.7 Å². The molecule has 33 heavy (non-hydrogen) atoms. The van der Waals surface area contributed by atoms with Crippen LogP contribution in [0.2, 0.25) is 0 Å². The molecule has 1 aliphatic rings. The van der Waals surface area contributed by atoms with Gasteiger partial charge in [0.15, 0.2) is 5.76 Å². The second kappa shape index (κ2) is 10.7. The highest BCUT2D eigenvalue weighted by molar-refractivity contribution is 6.00. The largest absolute Gasteiger partial charge is 0.488 e. The monoisotopic (exact) mass is 459 g/mol. The molecule has 0 radical (unpaired) electrons. The number of urea groups is 1. The molecule has 0 saturated carbocycles. The molecule has 10 nitrogen and oxygen atoms in total. The Morgan fingerprint density at radius 1 is 1.33 bits per heavy atom. The van der Waals surface area contributed by atoms with Gasteiger partial charge in [-0.25, -0.2) is 4.79 Å². The summed E-state index contributed by atoms with van der Waals surface area (Å²) in [6.45, 7) is 8.29. The number of rotatable bonds is 6. The van der Waals surface area contributed by atoms with Crippen molar-refractivity contribution in [1.82, 2.24) is 15.4 Å². The Hall–Kier alpha value is -3.11. The number of likely N-dealkylation sites (N-methyl/N-ethyl adjacent to an activating group) is 1. The van der Waals surface area contributed by atoms with Crippen molar-refractivity contribution in [2.45, 2.75) is 46.3 Å². The number of ether oxygens (including phenoxy) is 1. The quantitative estimate of drug-likeness (QED) is 0.522. The molecule has 3 amide bonds. The van der Waals surface area contributed by atoms with Crippen LogP contribution in [0.3, 0.4) is 0 Å². The number of amides is 3. The molecule has 0 unspecified atom stereocenters. The average molecular weight is 460 g/mol. The number of fused-ring (bicyclic) bond motifs is 1. The number of nitrogens with zero attached hydrogens (tertiary/aromatic N) is 2. The lowest BCUT2D eigenvalue weighted by atomic mass is 10.0. The molecule has 0 fully saturated rings. The average Bonchev–Trinajstić information content (AvgIpc) is 3.11. The number of carbonyl (C=O) groups is 2. The highest BCUT2D eigenvalue weighted by Gasteiger charge is 2.30. The number of benzene rings is 1. The molecule has 1 aromatic heterocycles. The molecule has 1 aromatic carbocycles. The van der Waals surface area contributed by atoms with Gasteiger partial charge in [-0.1, -0.05) is 12.1 Å². The van der Waals surface area contributed by atoms with Crippen molar-refractivity contribution in [2.24, 2.45) is 5.92 Å². The Morgan fingerprint density at radius 3 is 2.73 bits per heavy atom. The summed E-state index contributed by atoms with van der Waals surface area (Å²) in [5.41, 5.74) is 2.29. The van der Waals surface area contributed by atoms with Crippen molar-refractivity contribution < 1.29 is 24.0 Å². The molecule has 4 N–H and O–H groups in total. The predicted molar refractivity (Wildman–Crippen MR) is 125 cm³/mol. The fraction of sp³-hybridized carbons (Fsp3) is 0.522. The first-order chi connectivity index (χ1) is 15.7. The zero-order chi connectivity index (χ0) is 24.1. The van der Waals surface area contributed by atoms with Gasteiger partial charge in [-0.2, -0.15) is 0 Å². The van der Waals surface area contributed by atoms with E-state index in [1.165, 1.54) is 0 Å². The first-order valence-electron chi connectivity index (χ1n) is 11.1. The summed E-state index contributed by atoms with van der Waals surface area (Å²) in [5.74, 6) is 1.06. The van der Waals surface area contributed by atoms with E-state index < -0.39 is 6.03 Å². The van der Waals surface area contributed by atoms with Crippen molar-refractivity contribution in [3.8, 4) is 5.75 Å². The standard InChI is InChI=1S/C23H33N5O5/c1-13-11-28(14(2)12-29)21(30)9-17-8-18(6-7-19(17)32-20(13)10-24-5)25-23(31)26-22-15(3)27-33-16(22)4/h6-8,13-14,20,24,29H,9-12H2,1-5H3,(H2,25,26,31)/t13-,14-,20+/m0/s1. The predicted octanol–water partition coefficient (Wildman–Crippen LogP) is 2.30. The minimum Gasteiger partial charge on any atom is -0.488 e. The number of nitrogens with one attached hydrogen (secondary N) is 3. The van der Waals surface area contributed by atoms with Crippen LogP contribution in [0.4, 0.5) is 16.2 Å². The zero-order valence-corrected chi connectivity index (χ0v) is 19.8. The SMILES string of the molecule is CNC[C@H]1Oc2ccc(NC(=O)Nc3c(C)noc3C)cc2CC(=O)N([C@@H](C)CO)C[C@@H]1C. The van der Waals surface area contributed by atoms with E-state index in [4.69, 9.17) is 9.26 Å². The summed E-state index contributed by atoms with van der Waals surface area (Å²) in [4.78, 5) is 27.4. The van der Waals surface area contributed by atoms with Crippen LogP contribution in [-0.4, -0.2) is 66.0 Å². The summed E-state index contributed by atoms with van der Waals surface area (Å²) in [5, 5.41) is 22.2. The fourth-order valence-corrected chi connectivity index (χ4v) is 3.89. The third-order valence-corrected chi connectivity index (χ3v) is 5.85. The van der Waals surface area contributed by atoms with E-state index in [1.54, 1.807) is 36.9 Å². The topological polar surface area (TPSA) is 129 Å². The highest BCUT2D eigenvalue weighted by Crippen LogP contribution is 2.29. The third kappa shape index (κ3) is 5.82. The first kappa shape index (κ1) is 24.5. The van der Waals surface area contributed by atoms with Crippen LogP contribution >= 0.6 is 0 Å². The van der Waals surface area contributed by atoms with Gasteiger partial charge in [0, 0.05) is 30.3 Å². The van der Waals surface area contributed by atoms with Gasteiger partial charge in [-0.3, -0.25) is 4.79 Å².